The highest BCUT2D eigenvalue weighted by Gasteiger charge is 2.24. The number of carbonyl (C=O) groups is 1. The SMILES string of the molecule is CCOC(=O)c1c(C)cn(C)c1C(N)c1ccc(Cl)cc1. The molecule has 5 heteroatoms. The highest BCUT2D eigenvalue weighted by Crippen LogP contribution is 2.27. The van der Waals surface area contributed by atoms with Gasteiger partial charge in [0, 0.05) is 18.3 Å². The van der Waals surface area contributed by atoms with E-state index in [1.165, 1.54) is 0 Å². The van der Waals surface area contributed by atoms with Crippen molar-refractivity contribution in [3.63, 3.8) is 0 Å². The molecule has 2 N–H and O–H groups in total. The Balaban J connectivity index is 2.47. The van der Waals surface area contributed by atoms with Crippen LogP contribution in [0.15, 0.2) is 30.5 Å². The smallest absolute Gasteiger partial charge is 0.340 e. The highest BCUT2D eigenvalue weighted by molar-refractivity contribution is 6.30. The number of esters is 1. The lowest BCUT2D eigenvalue weighted by Gasteiger charge is -2.16. The molecule has 1 unspecified atom stereocenters. The molecule has 1 aromatic carbocycles. The molecule has 1 aromatic heterocycles. The van der Waals surface area contributed by atoms with Crippen molar-refractivity contribution in [2.24, 2.45) is 12.8 Å². The van der Waals surface area contributed by atoms with E-state index in [9.17, 15) is 4.79 Å². The van der Waals surface area contributed by atoms with Crippen LogP contribution in [0.3, 0.4) is 0 Å². The molecule has 1 heterocycles. The number of aryl methyl sites for hydroxylation is 2. The van der Waals surface area contributed by atoms with Crippen molar-refractivity contribution in [2.75, 3.05) is 6.61 Å². The third kappa shape index (κ3) is 3.12. The first-order chi connectivity index (χ1) is 9.95. The fourth-order valence-corrected chi connectivity index (χ4v) is 2.60. The Hall–Kier alpha value is -1.78. The molecule has 0 amide bonds. The topological polar surface area (TPSA) is 57.2 Å². The lowest BCUT2D eigenvalue weighted by molar-refractivity contribution is 0.0524. The second-order valence-corrected chi connectivity index (χ2v) is 5.37. The van der Waals surface area contributed by atoms with E-state index in [4.69, 9.17) is 22.1 Å². The molecule has 112 valence electrons. The van der Waals surface area contributed by atoms with Gasteiger partial charge in [-0.25, -0.2) is 4.79 Å². The van der Waals surface area contributed by atoms with Crippen LogP contribution in [-0.4, -0.2) is 17.1 Å². The summed E-state index contributed by atoms with van der Waals surface area (Å²) < 4.78 is 7.01. The minimum Gasteiger partial charge on any atom is -0.462 e. The summed E-state index contributed by atoms with van der Waals surface area (Å²) in [6.45, 7) is 4.00. The number of ether oxygens (including phenoxy) is 1. The number of aromatic nitrogens is 1. The predicted octanol–water partition coefficient (Wildman–Crippen LogP) is 3.21. The molecule has 1 atom stereocenters. The van der Waals surface area contributed by atoms with Crippen LogP contribution < -0.4 is 5.73 Å². The average molecular weight is 307 g/mol. The van der Waals surface area contributed by atoms with Crippen LogP contribution in [0.4, 0.5) is 0 Å². The van der Waals surface area contributed by atoms with Crippen LogP contribution >= 0.6 is 11.6 Å². The lowest BCUT2D eigenvalue weighted by Crippen LogP contribution is -2.19. The second-order valence-electron chi connectivity index (χ2n) is 4.93. The molecular weight excluding hydrogens is 288 g/mol. The molecule has 0 radical (unpaired) electrons. The number of hydrogen-bond donors (Lipinski definition) is 1. The first-order valence-electron chi connectivity index (χ1n) is 6.79. The standard InChI is InChI=1S/C16H19ClN2O2/c1-4-21-16(20)13-10(2)9-19(3)15(13)14(18)11-5-7-12(17)8-6-11/h5-9,14H,4,18H2,1-3H3. The molecule has 2 rings (SSSR count). The highest BCUT2D eigenvalue weighted by atomic mass is 35.5. The van der Waals surface area contributed by atoms with Crippen LogP contribution in [0, 0.1) is 6.92 Å². The Morgan fingerprint density at radius 1 is 1.38 bits per heavy atom. The minimum atomic E-state index is -0.416. The van der Waals surface area contributed by atoms with Gasteiger partial charge in [0.2, 0.25) is 0 Å². The molecule has 0 aliphatic heterocycles. The zero-order chi connectivity index (χ0) is 15.6. The fourth-order valence-electron chi connectivity index (χ4n) is 2.47. The molecule has 0 fully saturated rings. The molecule has 0 saturated heterocycles. The number of nitrogens with zero attached hydrogens (tertiary/aromatic N) is 1. The quantitative estimate of drug-likeness (QED) is 0.882. The maximum absolute atomic E-state index is 12.2. The molecule has 2 aromatic rings. The molecule has 0 aliphatic rings. The summed E-state index contributed by atoms with van der Waals surface area (Å²) in [4.78, 5) is 12.2. The van der Waals surface area contributed by atoms with E-state index in [2.05, 4.69) is 0 Å². The minimum absolute atomic E-state index is 0.336. The molecule has 21 heavy (non-hydrogen) atoms. The van der Waals surface area contributed by atoms with Gasteiger partial charge < -0.3 is 15.0 Å². The molecule has 0 aliphatic carbocycles. The van der Waals surface area contributed by atoms with Gasteiger partial charge in [-0.15, -0.1) is 0 Å². The van der Waals surface area contributed by atoms with E-state index in [1.807, 2.05) is 36.9 Å². The van der Waals surface area contributed by atoms with Crippen molar-refractivity contribution in [1.82, 2.24) is 4.57 Å². The van der Waals surface area contributed by atoms with E-state index in [-0.39, 0.29) is 5.97 Å². The van der Waals surface area contributed by atoms with E-state index < -0.39 is 6.04 Å². The summed E-state index contributed by atoms with van der Waals surface area (Å²) in [5, 5.41) is 0.652. The summed E-state index contributed by atoms with van der Waals surface area (Å²) in [7, 11) is 1.88. The number of halogens is 1. The van der Waals surface area contributed by atoms with Gasteiger partial charge in [0.1, 0.15) is 0 Å². The zero-order valence-electron chi connectivity index (χ0n) is 12.4. The first kappa shape index (κ1) is 15.6. The molecule has 0 bridgehead atoms. The van der Waals surface area contributed by atoms with Gasteiger partial charge in [0.05, 0.1) is 23.9 Å². The molecular formula is C16H19ClN2O2. The summed E-state index contributed by atoms with van der Waals surface area (Å²) >= 11 is 5.90. The van der Waals surface area contributed by atoms with Crippen LogP contribution in [0.1, 0.15) is 40.1 Å². The normalized spacial score (nSPS) is 12.2. The monoisotopic (exact) mass is 306 g/mol. The van der Waals surface area contributed by atoms with Crippen molar-refractivity contribution in [3.8, 4) is 0 Å². The Labute approximate surface area is 129 Å². The maximum Gasteiger partial charge on any atom is 0.340 e. The molecule has 4 nitrogen and oxygen atoms in total. The third-order valence-electron chi connectivity index (χ3n) is 3.42. The van der Waals surface area contributed by atoms with Crippen LogP contribution in [0.5, 0.6) is 0 Å². The van der Waals surface area contributed by atoms with Gasteiger partial charge in [-0.2, -0.15) is 0 Å². The van der Waals surface area contributed by atoms with Gasteiger partial charge >= 0.3 is 5.97 Å². The molecule has 0 saturated carbocycles. The first-order valence-corrected chi connectivity index (χ1v) is 7.17. The molecule has 0 spiro atoms. The number of nitrogens with two attached hydrogens (primary N) is 1. The van der Waals surface area contributed by atoms with Gasteiger partial charge in [-0.3, -0.25) is 0 Å². The van der Waals surface area contributed by atoms with Gasteiger partial charge in [-0.05, 0) is 37.1 Å². The van der Waals surface area contributed by atoms with Crippen molar-refractivity contribution < 1.29 is 9.53 Å². The van der Waals surface area contributed by atoms with E-state index in [0.717, 1.165) is 16.8 Å². The Morgan fingerprint density at radius 2 is 2.00 bits per heavy atom. The number of carbonyl (C=O) groups excluding carboxylic acids is 1. The number of benzene rings is 1. The summed E-state index contributed by atoms with van der Waals surface area (Å²) in [6, 6.07) is 6.89. The second kappa shape index (κ2) is 6.33. The van der Waals surface area contributed by atoms with Crippen LogP contribution in [-0.2, 0) is 11.8 Å². The van der Waals surface area contributed by atoms with Gasteiger partial charge in [-0.1, -0.05) is 23.7 Å². The summed E-state index contributed by atoms with van der Waals surface area (Å²) in [5.74, 6) is -0.338. The number of rotatable bonds is 4. The predicted molar refractivity (Wildman–Crippen MR) is 83.6 cm³/mol. The fraction of sp³-hybridized carbons (Fsp3) is 0.312. The van der Waals surface area contributed by atoms with E-state index in [1.54, 1.807) is 19.1 Å². The lowest BCUT2D eigenvalue weighted by atomic mass is 10.00. The average Bonchev–Trinajstić information content (AvgIpc) is 2.73. The summed E-state index contributed by atoms with van der Waals surface area (Å²) in [5.41, 5.74) is 9.38. The van der Waals surface area contributed by atoms with Gasteiger partial charge in [0.25, 0.3) is 0 Å². The summed E-state index contributed by atoms with van der Waals surface area (Å²) in [6.07, 6.45) is 1.89. The Bertz CT molecular complexity index is 647. The zero-order valence-corrected chi connectivity index (χ0v) is 13.1. The van der Waals surface area contributed by atoms with Crippen molar-refractivity contribution in [3.05, 3.63) is 57.9 Å². The van der Waals surface area contributed by atoms with Crippen molar-refractivity contribution in [2.45, 2.75) is 19.9 Å². The van der Waals surface area contributed by atoms with Gasteiger partial charge in [0.15, 0.2) is 0 Å². The Kier molecular flexibility index (Phi) is 4.70. The Morgan fingerprint density at radius 3 is 2.57 bits per heavy atom. The third-order valence-corrected chi connectivity index (χ3v) is 3.67. The van der Waals surface area contributed by atoms with Crippen molar-refractivity contribution in [1.29, 1.82) is 0 Å². The van der Waals surface area contributed by atoms with E-state index >= 15 is 0 Å². The number of hydrogen-bond acceptors (Lipinski definition) is 3. The van der Waals surface area contributed by atoms with Crippen LogP contribution in [0.25, 0.3) is 0 Å². The van der Waals surface area contributed by atoms with E-state index in [0.29, 0.717) is 17.2 Å². The van der Waals surface area contributed by atoms with Crippen LogP contribution in [0.2, 0.25) is 5.02 Å². The van der Waals surface area contributed by atoms with Crippen molar-refractivity contribution >= 4 is 17.6 Å². The largest absolute Gasteiger partial charge is 0.462 e. The maximum atomic E-state index is 12.2.